The van der Waals surface area contributed by atoms with Crippen LogP contribution < -0.4 is 0 Å². The molecule has 0 radical (unpaired) electrons. The van der Waals surface area contributed by atoms with Crippen LogP contribution in [0, 0.1) is 0 Å². The van der Waals surface area contributed by atoms with E-state index in [1.165, 1.54) is 13.2 Å². The molecule has 0 aliphatic rings. The molecule has 7 heteroatoms. The Balaban J connectivity index is 2.31. The maximum absolute atomic E-state index is 11.1. The van der Waals surface area contributed by atoms with Crippen LogP contribution >= 0.6 is 15.9 Å². The molecular formula is C9H6BrN3O3. The molecule has 0 spiro atoms. The molecule has 2 aromatic heterocycles. The first-order chi connectivity index (χ1) is 7.70. The highest BCUT2D eigenvalue weighted by atomic mass is 79.9. The Bertz CT molecular complexity index is 509. The molecule has 0 bridgehead atoms. The van der Waals surface area contributed by atoms with Crippen LogP contribution in [0.5, 0.6) is 0 Å². The second-order valence-electron chi connectivity index (χ2n) is 2.79. The lowest BCUT2D eigenvalue weighted by Crippen LogP contribution is -1.98. The normalized spacial score (nSPS) is 10.1. The first-order valence-corrected chi connectivity index (χ1v) is 5.03. The number of ether oxygens (including phenoxy) is 1. The zero-order chi connectivity index (χ0) is 11.5. The number of halogens is 1. The molecule has 0 atom stereocenters. The number of rotatable bonds is 2. The van der Waals surface area contributed by atoms with Crippen LogP contribution in [0.3, 0.4) is 0 Å². The van der Waals surface area contributed by atoms with E-state index in [1.54, 1.807) is 12.4 Å². The van der Waals surface area contributed by atoms with Crippen molar-refractivity contribution in [3.8, 4) is 11.5 Å². The predicted molar refractivity (Wildman–Crippen MR) is 56.6 cm³/mol. The minimum Gasteiger partial charge on any atom is -0.463 e. The fourth-order valence-electron chi connectivity index (χ4n) is 1.02. The predicted octanol–water partition coefficient (Wildman–Crippen LogP) is 1.68. The largest absolute Gasteiger partial charge is 0.463 e. The highest BCUT2D eigenvalue weighted by Crippen LogP contribution is 2.16. The molecule has 0 aliphatic carbocycles. The Hall–Kier alpha value is -1.76. The monoisotopic (exact) mass is 283 g/mol. The lowest BCUT2D eigenvalue weighted by atomic mass is 10.3. The third-order valence-corrected chi connectivity index (χ3v) is 2.16. The second-order valence-corrected chi connectivity index (χ2v) is 3.71. The number of nitrogens with zero attached hydrogens (tertiary/aromatic N) is 3. The first kappa shape index (κ1) is 10.7. The SMILES string of the molecule is COC(=O)c1cc(-c2ncc(Br)cn2)no1. The Morgan fingerprint density at radius 1 is 1.44 bits per heavy atom. The summed E-state index contributed by atoms with van der Waals surface area (Å²) in [4.78, 5) is 19.1. The summed E-state index contributed by atoms with van der Waals surface area (Å²) in [6, 6.07) is 1.43. The van der Waals surface area contributed by atoms with E-state index in [9.17, 15) is 4.79 Å². The summed E-state index contributed by atoms with van der Waals surface area (Å²) in [5, 5.41) is 3.67. The van der Waals surface area contributed by atoms with Crippen molar-refractivity contribution in [1.29, 1.82) is 0 Å². The van der Waals surface area contributed by atoms with E-state index in [0.717, 1.165) is 4.47 Å². The third kappa shape index (κ3) is 2.08. The van der Waals surface area contributed by atoms with Crippen molar-refractivity contribution in [3.05, 3.63) is 28.7 Å². The zero-order valence-electron chi connectivity index (χ0n) is 8.18. The minimum absolute atomic E-state index is 0.0176. The number of methoxy groups -OCH3 is 1. The van der Waals surface area contributed by atoms with Gasteiger partial charge in [0.25, 0.3) is 0 Å². The lowest BCUT2D eigenvalue weighted by Gasteiger charge is -1.92. The Morgan fingerprint density at radius 3 is 2.75 bits per heavy atom. The number of esters is 1. The standard InChI is InChI=1S/C9H6BrN3O3/c1-15-9(14)7-2-6(13-16-7)8-11-3-5(10)4-12-8/h2-4H,1H3. The Labute approximate surface area is 98.8 Å². The van der Waals surface area contributed by atoms with Crippen LogP contribution in [0.25, 0.3) is 11.5 Å². The number of carbonyl (C=O) groups excluding carboxylic acids is 1. The molecular weight excluding hydrogens is 278 g/mol. The van der Waals surface area contributed by atoms with Crippen LogP contribution in [-0.4, -0.2) is 28.2 Å². The van der Waals surface area contributed by atoms with E-state index in [-0.39, 0.29) is 5.76 Å². The van der Waals surface area contributed by atoms with Crippen molar-refractivity contribution in [1.82, 2.24) is 15.1 Å². The van der Waals surface area contributed by atoms with Crippen molar-refractivity contribution in [3.63, 3.8) is 0 Å². The van der Waals surface area contributed by atoms with Gasteiger partial charge in [-0.05, 0) is 15.9 Å². The molecule has 0 saturated heterocycles. The highest BCUT2D eigenvalue weighted by molar-refractivity contribution is 9.10. The van der Waals surface area contributed by atoms with Crippen LogP contribution in [0.1, 0.15) is 10.6 Å². The molecule has 16 heavy (non-hydrogen) atoms. The van der Waals surface area contributed by atoms with Crippen LogP contribution in [0.15, 0.2) is 27.5 Å². The van der Waals surface area contributed by atoms with Gasteiger partial charge >= 0.3 is 5.97 Å². The molecule has 6 nitrogen and oxygen atoms in total. The maximum atomic E-state index is 11.1. The molecule has 0 aromatic carbocycles. The molecule has 0 saturated carbocycles. The molecule has 0 amide bonds. The maximum Gasteiger partial charge on any atom is 0.376 e. The Morgan fingerprint density at radius 2 is 2.12 bits per heavy atom. The van der Waals surface area contributed by atoms with Gasteiger partial charge in [0.1, 0.15) is 0 Å². The third-order valence-electron chi connectivity index (χ3n) is 1.75. The molecule has 0 unspecified atom stereocenters. The number of carbonyl (C=O) groups is 1. The highest BCUT2D eigenvalue weighted by Gasteiger charge is 2.15. The minimum atomic E-state index is -0.587. The van der Waals surface area contributed by atoms with E-state index >= 15 is 0 Å². The molecule has 0 aliphatic heterocycles. The number of hydrogen-bond acceptors (Lipinski definition) is 6. The molecule has 2 aromatic rings. The molecule has 2 rings (SSSR count). The van der Waals surface area contributed by atoms with Gasteiger partial charge in [0.2, 0.25) is 5.76 Å². The van der Waals surface area contributed by atoms with Crippen LogP contribution in [0.4, 0.5) is 0 Å². The summed E-state index contributed by atoms with van der Waals surface area (Å²) < 4.78 is 10.0. The van der Waals surface area contributed by atoms with Gasteiger partial charge in [-0.2, -0.15) is 0 Å². The van der Waals surface area contributed by atoms with Gasteiger partial charge in [0.05, 0.1) is 11.6 Å². The van der Waals surface area contributed by atoms with E-state index in [0.29, 0.717) is 11.5 Å². The van der Waals surface area contributed by atoms with E-state index in [4.69, 9.17) is 4.52 Å². The second kappa shape index (κ2) is 4.40. The lowest BCUT2D eigenvalue weighted by molar-refractivity contribution is 0.0554. The fourth-order valence-corrected chi connectivity index (χ4v) is 1.23. The molecule has 0 fully saturated rings. The van der Waals surface area contributed by atoms with E-state index < -0.39 is 5.97 Å². The smallest absolute Gasteiger partial charge is 0.376 e. The van der Waals surface area contributed by atoms with Gasteiger partial charge in [0, 0.05) is 18.5 Å². The van der Waals surface area contributed by atoms with Crippen LogP contribution in [0.2, 0.25) is 0 Å². The average molecular weight is 284 g/mol. The average Bonchev–Trinajstić information content (AvgIpc) is 2.78. The quantitative estimate of drug-likeness (QED) is 0.781. The van der Waals surface area contributed by atoms with Gasteiger partial charge in [-0.25, -0.2) is 14.8 Å². The summed E-state index contributed by atoms with van der Waals surface area (Å²) in [5.41, 5.74) is 0.382. The van der Waals surface area contributed by atoms with E-state index in [2.05, 4.69) is 35.8 Å². The van der Waals surface area contributed by atoms with Crippen molar-refractivity contribution < 1.29 is 14.1 Å². The Kier molecular flexibility index (Phi) is 2.95. The molecule has 0 N–H and O–H groups in total. The fraction of sp³-hybridized carbons (Fsp3) is 0.111. The van der Waals surface area contributed by atoms with Gasteiger partial charge in [0.15, 0.2) is 11.5 Å². The van der Waals surface area contributed by atoms with E-state index in [1.807, 2.05) is 0 Å². The van der Waals surface area contributed by atoms with Gasteiger partial charge < -0.3 is 9.26 Å². The summed E-state index contributed by atoms with van der Waals surface area (Å²) in [6.45, 7) is 0. The van der Waals surface area contributed by atoms with Crippen molar-refractivity contribution in [2.75, 3.05) is 7.11 Å². The van der Waals surface area contributed by atoms with Gasteiger partial charge in [-0.15, -0.1) is 0 Å². The summed E-state index contributed by atoms with van der Waals surface area (Å²) in [7, 11) is 1.26. The summed E-state index contributed by atoms with van der Waals surface area (Å²) in [5.74, 6) is -0.193. The van der Waals surface area contributed by atoms with Gasteiger partial charge in [-0.3, -0.25) is 0 Å². The first-order valence-electron chi connectivity index (χ1n) is 4.23. The van der Waals surface area contributed by atoms with Crippen molar-refractivity contribution >= 4 is 21.9 Å². The van der Waals surface area contributed by atoms with Crippen LogP contribution in [-0.2, 0) is 4.74 Å². The molecule has 2 heterocycles. The molecule has 82 valence electrons. The summed E-state index contributed by atoms with van der Waals surface area (Å²) >= 11 is 3.21. The zero-order valence-corrected chi connectivity index (χ0v) is 9.76. The number of aromatic nitrogens is 3. The number of hydrogen-bond donors (Lipinski definition) is 0. The van der Waals surface area contributed by atoms with Gasteiger partial charge in [-0.1, -0.05) is 5.16 Å². The topological polar surface area (TPSA) is 78.1 Å². The summed E-state index contributed by atoms with van der Waals surface area (Å²) in [6.07, 6.45) is 3.16. The van der Waals surface area contributed by atoms with Crippen molar-refractivity contribution in [2.45, 2.75) is 0 Å². The van der Waals surface area contributed by atoms with Crippen molar-refractivity contribution in [2.24, 2.45) is 0 Å².